The van der Waals surface area contributed by atoms with Gasteiger partial charge in [-0.05, 0) is 84.7 Å². The van der Waals surface area contributed by atoms with E-state index in [9.17, 15) is 0 Å². The lowest BCUT2D eigenvalue weighted by Crippen LogP contribution is -2.28. The molecule has 0 aromatic heterocycles. The molecule has 2 nitrogen and oxygen atoms in total. The van der Waals surface area contributed by atoms with E-state index in [1.165, 1.54) is 22.3 Å². The van der Waals surface area contributed by atoms with Crippen LogP contribution in [0.4, 0.5) is 0 Å². The van der Waals surface area contributed by atoms with Crippen molar-refractivity contribution in [2.24, 2.45) is 0 Å². The van der Waals surface area contributed by atoms with Crippen LogP contribution in [0.25, 0.3) is 0 Å². The Balaban J connectivity index is 1.98. The van der Waals surface area contributed by atoms with Gasteiger partial charge in [0, 0.05) is 16.5 Å². The third-order valence-corrected chi connectivity index (χ3v) is 8.06. The van der Waals surface area contributed by atoms with Crippen LogP contribution < -0.4 is 9.47 Å². The number of hydrogen-bond donors (Lipinski definition) is 0. The van der Waals surface area contributed by atoms with Crippen molar-refractivity contribution in [2.75, 3.05) is 13.2 Å². The number of benzene rings is 2. The van der Waals surface area contributed by atoms with Gasteiger partial charge in [-0.15, -0.1) is 0 Å². The number of aryl methyl sites for hydroxylation is 2. The fourth-order valence-electron chi connectivity index (χ4n) is 7.13. The van der Waals surface area contributed by atoms with E-state index in [1.807, 2.05) is 0 Å². The summed E-state index contributed by atoms with van der Waals surface area (Å²) in [4.78, 5) is 0. The van der Waals surface area contributed by atoms with Crippen molar-refractivity contribution in [1.29, 1.82) is 0 Å². The number of ether oxygens (including phenoxy) is 2. The third kappa shape index (κ3) is 3.88. The quantitative estimate of drug-likeness (QED) is 0.378. The normalized spacial score (nSPS) is 21.8. The first-order chi connectivity index (χ1) is 15.6. The second-order valence-electron chi connectivity index (χ2n) is 11.9. The van der Waals surface area contributed by atoms with Crippen molar-refractivity contribution in [1.82, 2.24) is 0 Å². The van der Waals surface area contributed by atoms with E-state index in [-0.39, 0.29) is 16.2 Å². The van der Waals surface area contributed by atoms with E-state index in [0.717, 1.165) is 63.2 Å². The van der Waals surface area contributed by atoms with Crippen LogP contribution in [0.5, 0.6) is 11.5 Å². The summed E-state index contributed by atoms with van der Waals surface area (Å²) in [7, 11) is 0. The van der Waals surface area contributed by atoms with Gasteiger partial charge in [0.25, 0.3) is 0 Å². The zero-order valence-electron chi connectivity index (χ0n) is 22.3. The molecule has 0 bridgehead atoms. The van der Waals surface area contributed by atoms with Gasteiger partial charge in [-0.3, -0.25) is 0 Å². The number of hydrogen-bond acceptors (Lipinski definition) is 2. The first-order valence-corrected chi connectivity index (χ1v) is 13.1. The first kappa shape index (κ1) is 24.2. The Morgan fingerprint density at radius 2 is 1.09 bits per heavy atom. The van der Waals surface area contributed by atoms with Gasteiger partial charge < -0.3 is 9.47 Å². The Bertz CT molecular complexity index is 1030. The van der Waals surface area contributed by atoms with Crippen LogP contribution in [0.2, 0.25) is 0 Å². The summed E-state index contributed by atoms with van der Waals surface area (Å²) < 4.78 is 13.0. The molecule has 0 saturated heterocycles. The SMILES string of the molecule is CCCCOc1ccc(OCCCC)c2c1C(C)(C)CC21CC(C)(C)c2c(C)ccc(C)c21. The minimum Gasteiger partial charge on any atom is -0.493 e. The van der Waals surface area contributed by atoms with Gasteiger partial charge in [0.1, 0.15) is 11.5 Å². The monoisotopic (exact) mass is 448 g/mol. The lowest BCUT2D eigenvalue weighted by Gasteiger charge is -2.32. The molecule has 2 aromatic carbocycles. The topological polar surface area (TPSA) is 18.5 Å². The minimum atomic E-state index is -0.0283. The molecule has 1 unspecified atom stereocenters. The van der Waals surface area contributed by atoms with Crippen LogP contribution in [0, 0.1) is 13.8 Å². The summed E-state index contributed by atoms with van der Waals surface area (Å²) in [5.74, 6) is 2.15. The van der Waals surface area contributed by atoms with Gasteiger partial charge in [-0.2, -0.15) is 0 Å². The van der Waals surface area contributed by atoms with Crippen molar-refractivity contribution in [3.05, 3.63) is 57.6 Å². The van der Waals surface area contributed by atoms with E-state index in [4.69, 9.17) is 9.47 Å². The van der Waals surface area contributed by atoms with Crippen molar-refractivity contribution in [2.45, 2.75) is 110 Å². The molecule has 2 heteroatoms. The third-order valence-electron chi connectivity index (χ3n) is 8.06. The lowest BCUT2D eigenvalue weighted by molar-refractivity contribution is 0.292. The van der Waals surface area contributed by atoms with Gasteiger partial charge >= 0.3 is 0 Å². The molecule has 0 aliphatic heterocycles. The number of fused-ring (bicyclic) bond motifs is 4. The Morgan fingerprint density at radius 1 is 0.636 bits per heavy atom. The molecular weight excluding hydrogens is 404 g/mol. The predicted molar refractivity (Wildman–Crippen MR) is 139 cm³/mol. The highest BCUT2D eigenvalue weighted by Crippen LogP contribution is 2.67. The van der Waals surface area contributed by atoms with E-state index in [2.05, 4.69) is 79.7 Å². The largest absolute Gasteiger partial charge is 0.493 e. The Labute approximate surface area is 202 Å². The van der Waals surface area contributed by atoms with Crippen molar-refractivity contribution in [3.8, 4) is 11.5 Å². The maximum absolute atomic E-state index is 6.55. The summed E-state index contributed by atoms with van der Waals surface area (Å²) in [6.45, 7) is 20.3. The summed E-state index contributed by atoms with van der Waals surface area (Å²) in [6, 6.07) is 9.04. The molecule has 2 aliphatic carbocycles. The fourth-order valence-corrected chi connectivity index (χ4v) is 7.13. The molecule has 2 aromatic rings. The molecule has 2 aliphatic rings. The molecule has 0 saturated carbocycles. The van der Waals surface area contributed by atoms with Crippen LogP contribution in [0.1, 0.15) is 113 Å². The van der Waals surface area contributed by atoms with Gasteiger partial charge in [-0.1, -0.05) is 66.5 Å². The minimum absolute atomic E-state index is 0.0227. The maximum atomic E-state index is 6.55. The van der Waals surface area contributed by atoms with E-state index in [1.54, 1.807) is 11.1 Å². The van der Waals surface area contributed by atoms with Crippen LogP contribution in [-0.2, 0) is 16.2 Å². The second kappa shape index (κ2) is 8.67. The number of rotatable bonds is 8. The van der Waals surface area contributed by atoms with Gasteiger partial charge in [-0.25, -0.2) is 0 Å². The fraction of sp³-hybridized carbons (Fsp3) is 0.613. The lowest BCUT2D eigenvalue weighted by atomic mass is 9.71. The Kier molecular flexibility index (Phi) is 6.35. The molecule has 0 heterocycles. The molecule has 180 valence electrons. The van der Waals surface area contributed by atoms with Crippen LogP contribution in [0.15, 0.2) is 24.3 Å². The highest BCUT2D eigenvalue weighted by Gasteiger charge is 2.59. The zero-order valence-corrected chi connectivity index (χ0v) is 22.3. The van der Waals surface area contributed by atoms with Crippen LogP contribution in [-0.4, -0.2) is 13.2 Å². The van der Waals surface area contributed by atoms with E-state index >= 15 is 0 Å². The molecule has 1 spiro atoms. The average Bonchev–Trinajstić information content (AvgIpc) is 3.13. The van der Waals surface area contributed by atoms with Gasteiger partial charge in [0.05, 0.1) is 13.2 Å². The van der Waals surface area contributed by atoms with Crippen molar-refractivity contribution in [3.63, 3.8) is 0 Å². The molecule has 1 atom stereocenters. The summed E-state index contributed by atoms with van der Waals surface area (Å²) in [6.07, 6.45) is 6.69. The Morgan fingerprint density at radius 3 is 1.61 bits per heavy atom. The standard InChI is InChI=1S/C31H44O2/c1-9-11-17-32-23-15-16-24(33-18-12-10-2)28-27(23)30(7,8)20-31(28)19-29(5,6)25-21(3)13-14-22(4)26(25)31/h13-16H,9-12,17-20H2,1-8H3. The molecule has 0 amide bonds. The molecule has 0 fully saturated rings. The van der Waals surface area contributed by atoms with Crippen LogP contribution in [0.3, 0.4) is 0 Å². The predicted octanol–water partition coefficient (Wildman–Crippen LogP) is 8.31. The average molecular weight is 449 g/mol. The summed E-state index contributed by atoms with van der Waals surface area (Å²) in [5, 5.41) is 0. The van der Waals surface area contributed by atoms with Crippen molar-refractivity contribution < 1.29 is 9.47 Å². The zero-order chi connectivity index (χ0) is 24.0. The van der Waals surface area contributed by atoms with Gasteiger partial charge in [0.15, 0.2) is 0 Å². The Hall–Kier alpha value is -1.96. The van der Waals surface area contributed by atoms with E-state index < -0.39 is 0 Å². The molecular formula is C31H44O2. The van der Waals surface area contributed by atoms with Gasteiger partial charge in [0.2, 0.25) is 0 Å². The van der Waals surface area contributed by atoms with Crippen molar-refractivity contribution >= 4 is 0 Å². The smallest absolute Gasteiger partial charge is 0.123 e. The maximum Gasteiger partial charge on any atom is 0.123 e. The summed E-state index contributed by atoms with van der Waals surface area (Å²) in [5.41, 5.74) is 8.88. The van der Waals surface area contributed by atoms with Crippen LogP contribution >= 0.6 is 0 Å². The first-order valence-electron chi connectivity index (χ1n) is 13.1. The molecule has 33 heavy (non-hydrogen) atoms. The highest BCUT2D eigenvalue weighted by atomic mass is 16.5. The second-order valence-corrected chi connectivity index (χ2v) is 11.9. The number of unbranched alkanes of at least 4 members (excludes halogenated alkanes) is 2. The molecule has 0 N–H and O–H groups in total. The summed E-state index contributed by atoms with van der Waals surface area (Å²) >= 11 is 0. The van der Waals surface area contributed by atoms with E-state index in [0.29, 0.717) is 0 Å². The highest BCUT2D eigenvalue weighted by molar-refractivity contribution is 5.68. The molecule has 0 radical (unpaired) electrons. The molecule has 4 rings (SSSR count).